The van der Waals surface area contributed by atoms with E-state index >= 15 is 0 Å². The highest BCUT2D eigenvalue weighted by Gasteiger charge is 2.11. The number of furan rings is 1. The summed E-state index contributed by atoms with van der Waals surface area (Å²) in [5.74, 6) is 1.90. The van der Waals surface area contributed by atoms with Crippen molar-refractivity contribution in [1.29, 1.82) is 0 Å². The van der Waals surface area contributed by atoms with Crippen LogP contribution in [0.15, 0.2) is 10.5 Å². The fourth-order valence-electron chi connectivity index (χ4n) is 1.35. The lowest BCUT2D eigenvalue weighted by atomic mass is 10.1. The zero-order valence-electron chi connectivity index (χ0n) is 8.68. The maximum absolute atomic E-state index is 5.42. The molecule has 1 aromatic heterocycles. The van der Waals surface area contributed by atoms with Crippen LogP contribution in [0.3, 0.4) is 0 Å². The zero-order valence-corrected chi connectivity index (χ0v) is 8.68. The minimum absolute atomic E-state index is 0.178. The van der Waals surface area contributed by atoms with Crippen molar-refractivity contribution in [3.8, 4) is 0 Å². The minimum atomic E-state index is 0.178. The van der Waals surface area contributed by atoms with E-state index in [0.717, 1.165) is 17.1 Å². The molecule has 0 saturated carbocycles. The van der Waals surface area contributed by atoms with Gasteiger partial charge in [-0.1, -0.05) is 0 Å². The SMILES string of the molecule is CCONC(C)c1cc(C)oc1C. The predicted octanol–water partition coefficient (Wildman–Crippen LogP) is 2.50. The third-order valence-electron chi connectivity index (χ3n) is 1.95. The summed E-state index contributed by atoms with van der Waals surface area (Å²) in [6, 6.07) is 2.21. The van der Waals surface area contributed by atoms with Gasteiger partial charge in [0.2, 0.25) is 0 Å². The monoisotopic (exact) mass is 183 g/mol. The van der Waals surface area contributed by atoms with Crippen LogP contribution in [-0.4, -0.2) is 6.61 Å². The first-order valence-corrected chi connectivity index (χ1v) is 4.59. The summed E-state index contributed by atoms with van der Waals surface area (Å²) in [6.07, 6.45) is 0. The van der Waals surface area contributed by atoms with Crippen LogP contribution in [0.2, 0.25) is 0 Å². The standard InChI is InChI=1S/C10H17NO2/c1-5-12-11-8(3)10-6-7(2)13-9(10)4/h6,8,11H,5H2,1-4H3. The quantitative estimate of drug-likeness (QED) is 0.728. The van der Waals surface area contributed by atoms with Crippen LogP contribution in [0.4, 0.5) is 0 Å². The van der Waals surface area contributed by atoms with Gasteiger partial charge in [-0.3, -0.25) is 0 Å². The van der Waals surface area contributed by atoms with Gasteiger partial charge in [0.05, 0.1) is 12.6 Å². The van der Waals surface area contributed by atoms with Gasteiger partial charge in [0.25, 0.3) is 0 Å². The molecule has 0 aliphatic carbocycles. The molecular weight excluding hydrogens is 166 g/mol. The second-order valence-corrected chi connectivity index (χ2v) is 3.14. The van der Waals surface area contributed by atoms with Crippen molar-refractivity contribution in [2.75, 3.05) is 6.61 Å². The number of hydrogen-bond acceptors (Lipinski definition) is 3. The first kappa shape index (κ1) is 10.3. The highest BCUT2D eigenvalue weighted by molar-refractivity contribution is 5.22. The van der Waals surface area contributed by atoms with Crippen molar-refractivity contribution < 1.29 is 9.25 Å². The van der Waals surface area contributed by atoms with E-state index in [1.54, 1.807) is 0 Å². The molecule has 0 amide bonds. The van der Waals surface area contributed by atoms with Crippen molar-refractivity contribution in [2.24, 2.45) is 0 Å². The summed E-state index contributed by atoms with van der Waals surface area (Å²) in [7, 11) is 0. The van der Waals surface area contributed by atoms with Crippen LogP contribution in [-0.2, 0) is 4.84 Å². The molecule has 0 radical (unpaired) electrons. The van der Waals surface area contributed by atoms with Crippen molar-refractivity contribution in [3.05, 3.63) is 23.2 Å². The summed E-state index contributed by atoms with van der Waals surface area (Å²) in [4.78, 5) is 5.12. The molecule has 3 nitrogen and oxygen atoms in total. The van der Waals surface area contributed by atoms with Crippen LogP contribution in [0.25, 0.3) is 0 Å². The molecule has 0 aliphatic heterocycles. The Labute approximate surface area is 79.0 Å². The van der Waals surface area contributed by atoms with Gasteiger partial charge in [-0.05, 0) is 33.8 Å². The largest absolute Gasteiger partial charge is 0.466 e. The first-order valence-electron chi connectivity index (χ1n) is 4.59. The summed E-state index contributed by atoms with van der Waals surface area (Å²) >= 11 is 0. The lowest BCUT2D eigenvalue weighted by Crippen LogP contribution is -2.19. The van der Waals surface area contributed by atoms with Crippen LogP contribution < -0.4 is 5.48 Å². The number of rotatable bonds is 4. The van der Waals surface area contributed by atoms with E-state index in [-0.39, 0.29) is 6.04 Å². The average Bonchev–Trinajstić information content (AvgIpc) is 2.41. The van der Waals surface area contributed by atoms with E-state index in [1.165, 1.54) is 0 Å². The Bertz CT molecular complexity index is 268. The summed E-state index contributed by atoms with van der Waals surface area (Å²) < 4.78 is 5.42. The summed E-state index contributed by atoms with van der Waals surface area (Å²) in [5.41, 5.74) is 4.10. The van der Waals surface area contributed by atoms with Crippen molar-refractivity contribution in [2.45, 2.75) is 33.7 Å². The van der Waals surface area contributed by atoms with E-state index in [9.17, 15) is 0 Å². The van der Waals surface area contributed by atoms with Crippen molar-refractivity contribution in [3.63, 3.8) is 0 Å². The lowest BCUT2D eigenvalue weighted by molar-refractivity contribution is 0.0282. The summed E-state index contributed by atoms with van der Waals surface area (Å²) in [5, 5.41) is 0. The van der Waals surface area contributed by atoms with Gasteiger partial charge in [-0.2, -0.15) is 5.48 Å². The maximum Gasteiger partial charge on any atom is 0.105 e. The number of aryl methyl sites for hydroxylation is 2. The van der Waals surface area contributed by atoms with Crippen LogP contribution in [0.1, 0.15) is 37.0 Å². The Morgan fingerprint density at radius 2 is 2.23 bits per heavy atom. The van der Waals surface area contributed by atoms with Gasteiger partial charge in [-0.25, -0.2) is 0 Å². The second-order valence-electron chi connectivity index (χ2n) is 3.14. The number of hydroxylamine groups is 1. The maximum atomic E-state index is 5.42. The third-order valence-corrected chi connectivity index (χ3v) is 1.95. The van der Waals surface area contributed by atoms with Crippen molar-refractivity contribution in [1.82, 2.24) is 5.48 Å². The topological polar surface area (TPSA) is 34.4 Å². The molecule has 74 valence electrons. The molecule has 1 unspecified atom stereocenters. The minimum Gasteiger partial charge on any atom is -0.466 e. The molecule has 0 aromatic carbocycles. The Balaban J connectivity index is 2.64. The van der Waals surface area contributed by atoms with Gasteiger partial charge in [0.1, 0.15) is 11.5 Å². The molecule has 0 fully saturated rings. The van der Waals surface area contributed by atoms with Gasteiger partial charge in [0, 0.05) is 5.56 Å². The Hall–Kier alpha value is -0.800. The lowest BCUT2D eigenvalue weighted by Gasteiger charge is -2.11. The third kappa shape index (κ3) is 2.57. The van der Waals surface area contributed by atoms with E-state index in [4.69, 9.17) is 9.25 Å². The molecule has 0 aliphatic rings. The highest BCUT2D eigenvalue weighted by Crippen LogP contribution is 2.20. The molecular formula is C10H17NO2. The molecule has 0 bridgehead atoms. The van der Waals surface area contributed by atoms with Crippen molar-refractivity contribution >= 4 is 0 Å². The van der Waals surface area contributed by atoms with Gasteiger partial charge in [0.15, 0.2) is 0 Å². The van der Waals surface area contributed by atoms with E-state index in [2.05, 4.69) is 5.48 Å². The molecule has 1 rings (SSSR count). The smallest absolute Gasteiger partial charge is 0.105 e. The molecule has 0 spiro atoms. The molecule has 1 aromatic rings. The fraction of sp³-hybridized carbons (Fsp3) is 0.600. The highest BCUT2D eigenvalue weighted by atomic mass is 16.6. The first-order chi connectivity index (χ1) is 6.15. The van der Waals surface area contributed by atoms with Gasteiger partial charge < -0.3 is 9.25 Å². The normalized spacial score (nSPS) is 13.2. The van der Waals surface area contributed by atoms with E-state index < -0.39 is 0 Å². The molecule has 1 atom stereocenters. The Morgan fingerprint density at radius 3 is 2.69 bits per heavy atom. The Kier molecular flexibility index (Phi) is 3.51. The second kappa shape index (κ2) is 4.44. The van der Waals surface area contributed by atoms with Crippen LogP contribution in [0.5, 0.6) is 0 Å². The molecule has 1 heterocycles. The van der Waals surface area contributed by atoms with E-state index in [0.29, 0.717) is 6.61 Å². The average molecular weight is 183 g/mol. The predicted molar refractivity (Wildman–Crippen MR) is 51.4 cm³/mol. The molecule has 13 heavy (non-hydrogen) atoms. The van der Waals surface area contributed by atoms with Gasteiger partial charge >= 0.3 is 0 Å². The van der Waals surface area contributed by atoms with E-state index in [1.807, 2.05) is 33.8 Å². The fourth-order valence-corrected chi connectivity index (χ4v) is 1.35. The number of hydrogen-bond donors (Lipinski definition) is 1. The molecule has 3 heteroatoms. The van der Waals surface area contributed by atoms with Gasteiger partial charge in [-0.15, -0.1) is 0 Å². The summed E-state index contributed by atoms with van der Waals surface area (Å²) in [6.45, 7) is 8.58. The Morgan fingerprint density at radius 1 is 1.54 bits per heavy atom. The van der Waals surface area contributed by atoms with Crippen LogP contribution in [0, 0.1) is 13.8 Å². The zero-order chi connectivity index (χ0) is 9.84. The molecule has 1 N–H and O–H groups in total. The molecule has 0 saturated heterocycles. The van der Waals surface area contributed by atoms with Crippen LogP contribution >= 0.6 is 0 Å². The number of nitrogens with one attached hydrogen (secondary N) is 1.